The molecule has 3 rings (SSSR count). The maximum Gasteiger partial charge on any atom is 0.416 e. The molecule has 1 aromatic carbocycles. The van der Waals surface area contributed by atoms with Crippen LogP contribution in [-0.2, 0) is 11.0 Å². The van der Waals surface area contributed by atoms with Crippen molar-refractivity contribution >= 4 is 17.3 Å². The Kier molecular flexibility index (Phi) is 5.39. The van der Waals surface area contributed by atoms with Gasteiger partial charge in [0.25, 0.3) is 0 Å². The van der Waals surface area contributed by atoms with E-state index in [1.807, 2.05) is 24.0 Å². The molecule has 2 aromatic rings. The number of aliphatic carboxylic acids is 1. The molecule has 1 aliphatic heterocycles. The number of likely N-dealkylation sites (tertiary alicyclic amines) is 1. The summed E-state index contributed by atoms with van der Waals surface area (Å²) in [6.45, 7) is 2.48. The first-order valence-corrected chi connectivity index (χ1v) is 9.31. The van der Waals surface area contributed by atoms with Crippen molar-refractivity contribution in [2.24, 2.45) is 0 Å². The Morgan fingerprint density at radius 1 is 1.27 bits per heavy atom. The summed E-state index contributed by atoms with van der Waals surface area (Å²) in [6, 6.07) is 7.87. The van der Waals surface area contributed by atoms with Gasteiger partial charge in [-0.05, 0) is 56.1 Å². The second-order valence-corrected chi connectivity index (χ2v) is 7.88. The fourth-order valence-electron chi connectivity index (χ4n) is 3.53. The number of carboxylic acid groups (broad SMARTS) is 1. The van der Waals surface area contributed by atoms with Crippen LogP contribution in [0.15, 0.2) is 36.4 Å². The number of thiophene rings is 1. The zero-order chi connectivity index (χ0) is 18.9. The number of carboxylic acids is 1. The molecule has 1 N–H and O–H groups in total. The number of halogens is 3. The van der Waals surface area contributed by atoms with E-state index in [1.54, 1.807) is 6.07 Å². The smallest absolute Gasteiger partial charge is 0.416 e. The monoisotopic (exact) mass is 383 g/mol. The predicted octanol–water partition coefficient (Wildman–Crippen LogP) is 5.10. The van der Waals surface area contributed by atoms with E-state index in [-0.39, 0.29) is 0 Å². The first kappa shape index (κ1) is 18.9. The van der Waals surface area contributed by atoms with E-state index in [0.717, 1.165) is 34.7 Å². The van der Waals surface area contributed by atoms with Crippen LogP contribution in [0.3, 0.4) is 0 Å². The highest BCUT2D eigenvalue weighted by Gasteiger charge is 2.37. The third kappa shape index (κ3) is 3.94. The normalized spacial score (nSPS) is 20.1. The minimum Gasteiger partial charge on any atom is -0.480 e. The van der Waals surface area contributed by atoms with E-state index in [2.05, 4.69) is 0 Å². The van der Waals surface area contributed by atoms with Gasteiger partial charge in [0.15, 0.2) is 0 Å². The summed E-state index contributed by atoms with van der Waals surface area (Å²) in [4.78, 5) is 15.5. The van der Waals surface area contributed by atoms with Gasteiger partial charge in [0.1, 0.15) is 6.04 Å². The Bertz CT molecular complexity index is 787. The van der Waals surface area contributed by atoms with Crippen LogP contribution in [0.1, 0.15) is 46.2 Å². The second-order valence-electron chi connectivity index (χ2n) is 6.56. The molecule has 2 atom stereocenters. The Morgan fingerprint density at radius 2 is 2.04 bits per heavy atom. The van der Waals surface area contributed by atoms with Crippen molar-refractivity contribution in [3.8, 4) is 0 Å². The maximum absolute atomic E-state index is 13.2. The molecule has 0 saturated carbocycles. The number of nitrogens with zero attached hydrogens (tertiary/aromatic N) is 1. The SMILES string of the molecule is Cc1ccc(C(c2cccc(C(F)(F)F)c2)N2CCCCC2C(=O)O)s1. The largest absolute Gasteiger partial charge is 0.480 e. The molecule has 0 amide bonds. The van der Waals surface area contributed by atoms with Gasteiger partial charge in [-0.1, -0.05) is 18.6 Å². The average Bonchev–Trinajstić information content (AvgIpc) is 3.01. The van der Waals surface area contributed by atoms with Crippen LogP contribution < -0.4 is 0 Å². The average molecular weight is 383 g/mol. The molecule has 1 saturated heterocycles. The topological polar surface area (TPSA) is 40.5 Å². The van der Waals surface area contributed by atoms with Crippen molar-refractivity contribution in [1.82, 2.24) is 4.90 Å². The van der Waals surface area contributed by atoms with Crippen LogP contribution in [0, 0.1) is 6.92 Å². The second kappa shape index (κ2) is 7.40. The van der Waals surface area contributed by atoms with E-state index in [4.69, 9.17) is 0 Å². The van der Waals surface area contributed by atoms with Crippen molar-refractivity contribution in [2.75, 3.05) is 6.54 Å². The van der Waals surface area contributed by atoms with Gasteiger partial charge in [-0.3, -0.25) is 9.69 Å². The van der Waals surface area contributed by atoms with Crippen molar-refractivity contribution in [3.63, 3.8) is 0 Å². The molecule has 7 heteroatoms. The predicted molar refractivity (Wildman–Crippen MR) is 94.3 cm³/mol. The summed E-state index contributed by atoms with van der Waals surface area (Å²) in [7, 11) is 0. The summed E-state index contributed by atoms with van der Waals surface area (Å²) >= 11 is 1.50. The van der Waals surface area contributed by atoms with Crippen LogP contribution in [0.2, 0.25) is 0 Å². The molecule has 0 radical (unpaired) electrons. The van der Waals surface area contributed by atoms with Gasteiger partial charge in [-0.25, -0.2) is 0 Å². The Hall–Kier alpha value is -1.86. The molecule has 0 spiro atoms. The van der Waals surface area contributed by atoms with Crippen molar-refractivity contribution in [3.05, 3.63) is 57.3 Å². The van der Waals surface area contributed by atoms with Crippen LogP contribution >= 0.6 is 11.3 Å². The Labute approximate surface area is 154 Å². The summed E-state index contributed by atoms with van der Waals surface area (Å²) in [5, 5.41) is 9.62. The fourth-order valence-corrected chi connectivity index (χ4v) is 4.56. The van der Waals surface area contributed by atoms with E-state index in [9.17, 15) is 23.1 Å². The summed E-state index contributed by atoms with van der Waals surface area (Å²) in [6.07, 6.45) is -2.27. The highest BCUT2D eigenvalue weighted by molar-refractivity contribution is 7.12. The minimum absolute atomic E-state index is 0.481. The third-order valence-electron chi connectivity index (χ3n) is 4.72. The van der Waals surface area contributed by atoms with Crippen molar-refractivity contribution in [1.29, 1.82) is 0 Å². The molecule has 1 aliphatic rings. The lowest BCUT2D eigenvalue weighted by Gasteiger charge is -2.39. The summed E-state index contributed by atoms with van der Waals surface area (Å²) in [5.41, 5.74) is -0.230. The van der Waals surface area contributed by atoms with Crippen LogP contribution in [0.25, 0.3) is 0 Å². The molecule has 3 nitrogen and oxygen atoms in total. The summed E-state index contributed by atoms with van der Waals surface area (Å²) in [5.74, 6) is -0.921. The summed E-state index contributed by atoms with van der Waals surface area (Å²) < 4.78 is 39.5. The van der Waals surface area contributed by atoms with Gasteiger partial charge in [0, 0.05) is 9.75 Å². The maximum atomic E-state index is 13.2. The molecule has 2 heterocycles. The molecule has 26 heavy (non-hydrogen) atoms. The van der Waals surface area contributed by atoms with Gasteiger partial charge in [0.2, 0.25) is 0 Å². The number of piperidine rings is 1. The number of rotatable bonds is 4. The van der Waals surface area contributed by atoms with E-state index in [1.165, 1.54) is 17.4 Å². The molecule has 140 valence electrons. The number of carbonyl (C=O) groups is 1. The fraction of sp³-hybridized carbons (Fsp3) is 0.421. The highest BCUT2D eigenvalue weighted by atomic mass is 32.1. The number of hydrogen-bond acceptors (Lipinski definition) is 3. The zero-order valence-corrected chi connectivity index (χ0v) is 15.1. The Balaban J connectivity index is 2.08. The molecule has 1 aromatic heterocycles. The quantitative estimate of drug-likeness (QED) is 0.798. The molecule has 1 fully saturated rings. The van der Waals surface area contributed by atoms with Crippen molar-refractivity contribution in [2.45, 2.75) is 44.4 Å². The minimum atomic E-state index is -4.43. The van der Waals surface area contributed by atoms with E-state index < -0.39 is 29.8 Å². The van der Waals surface area contributed by atoms with E-state index >= 15 is 0 Å². The molecule has 0 bridgehead atoms. The lowest BCUT2D eigenvalue weighted by molar-refractivity contribution is -0.145. The Morgan fingerprint density at radius 3 is 2.65 bits per heavy atom. The van der Waals surface area contributed by atoms with Gasteiger partial charge < -0.3 is 5.11 Å². The van der Waals surface area contributed by atoms with Crippen molar-refractivity contribution < 1.29 is 23.1 Å². The third-order valence-corrected chi connectivity index (χ3v) is 5.77. The van der Waals surface area contributed by atoms with Crippen LogP contribution in [-0.4, -0.2) is 28.6 Å². The van der Waals surface area contributed by atoms with Gasteiger partial charge >= 0.3 is 12.1 Å². The standard InChI is InChI=1S/C19H20F3NO2S/c1-12-8-9-16(26-12)17(23-10-3-2-7-15(23)18(24)25)13-5-4-6-14(11-13)19(20,21)22/h4-6,8-9,11,15,17H,2-3,7,10H2,1H3,(H,24,25). The van der Waals surface area contributed by atoms with Gasteiger partial charge in [-0.15, -0.1) is 11.3 Å². The first-order chi connectivity index (χ1) is 12.3. The first-order valence-electron chi connectivity index (χ1n) is 8.49. The lowest BCUT2D eigenvalue weighted by atomic mass is 9.94. The molecule has 2 unspecified atom stereocenters. The van der Waals surface area contributed by atoms with E-state index in [0.29, 0.717) is 18.5 Å². The lowest BCUT2D eigenvalue weighted by Crippen LogP contribution is -2.46. The molecular weight excluding hydrogens is 363 g/mol. The number of aryl methyl sites for hydroxylation is 1. The number of benzene rings is 1. The van der Waals surface area contributed by atoms with Gasteiger partial charge in [-0.2, -0.15) is 13.2 Å². The number of alkyl halides is 3. The van der Waals surface area contributed by atoms with Gasteiger partial charge in [0.05, 0.1) is 11.6 Å². The van der Waals surface area contributed by atoms with Crippen LogP contribution in [0.4, 0.5) is 13.2 Å². The van der Waals surface area contributed by atoms with Crippen LogP contribution in [0.5, 0.6) is 0 Å². The number of hydrogen-bond donors (Lipinski definition) is 1. The molecular formula is C19H20F3NO2S. The molecule has 0 aliphatic carbocycles. The zero-order valence-electron chi connectivity index (χ0n) is 14.3. The highest BCUT2D eigenvalue weighted by Crippen LogP contribution is 2.39.